The van der Waals surface area contributed by atoms with Gasteiger partial charge in [0.25, 0.3) is 11.8 Å². The van der Waals surface area contributed by atoms with Crippen LogP contribution in [0.1, 0.15) is 27.9 Å². The standard InChI is InChI=1S/C24H23NO7/c1-30-19-12-15(13-20(31-2)22(19)32-3)9-10-21(26)25-11-5-8-18(23(25)27)16-6-4-7-17(14-16)24(28)29/h4,6-10,12-14H,5,11H2,1-3H3,(H,28,29). The van der Waals surface area contributed by atoms with E-state index in [9.17, 15) is 19.5 Å². The van der Waals surface area contributed by atoms with Crippen molar-refractivity contribution in [2.75, 3.05) is 27.9 Å². The van der Waals surface area contributed by atoms with Crippen LogP contribution < -0.4 is 14.2 Å². The fourth-order valence-electron chi connectivity index (χ4n) is 3.40. The highest BCUT2D eigenvalue weighted by atomic mass is 16.5. The molecular weight excluding hydrogens is 414 g/mol. The van der Waals surface area contributed by atoms with Crippen LogP contribution in [0, 0.1) is 0 Å². The van der Waals surface area contributed by atoms with Gasteiger partial charge in [0.2, 0.25) is 5.75 Å². The number of carboxylic acids is 1. The molecule has 8 heteroatoms. The number of imide groups is 1. The van der Waals surface area contributed by atoms with Gasteiger partial charge >= 0.3 is 5.97 Å². The molecule has 0 bridgehead atoms. The lowest BCUT2D eigenvalue weighted by molar-refractivity contribution is -0.138. The topological polar surface area (TPSA) is 102 Å². The Labute approximate surface area is 185 Å². The van der Waals surface area contributed by atoms with Crippen molar-refractivity contribution in [3.63, 3.8) is 0 Å². The largest absolute Gasteiger partial charge is 0.493 e. The lowest BCUT2D eigenvalue weighted by Gasteiger charge is -2.24. The van der Waals surface area contributed by atoms with Gasteiger partial charge in [-0.25, -0.2) is 4.79 Å². The number of amides is 2. The Balaban J connectivity index is 1.82. The summed E-state index contributed by atoms with van der Waals surface area (Å²) < 4.78 is 15.9. The molecule has 0 fully saturated rings. The Morgan fingerprint density at radius 2 is 1.72 bits per heavy atom. The molecule has 2 amide bonds. The number of hydrogen-bond acceptors (Lipinski definition) is 6. The summed E-state index contributed by atoms with van der Waals surface area (Å²) in [5, 5.41) is 9.20. The van der Waals surface area contributed by atoms with E-state index in [4.69, 9.17) is 14.2 Å². The van der Waals surface area contributed by atoms with Crippen LogP contribution in [0.25, 0.3) is 11.6 Å². The fourth-order valence-corrected chi connectivity index (χ4v) is 3.40. The molecule has 32 heavy (non-hydrogen) atoms. The number of rotatable bonds is 7. The van der Waals surface area contributed by atoms with Crippen LogP contribution in [0.5, 0.6) is 17.2 Å². The molecule has 0 aromatic heterocycles. The second-order valence-corrected chi connectivity index (χ2v) is 6.88. The normalized spacial score (nSPS) is 13.7. The summed E-state index contributed by atoms with van der Waals surface area (Å²) >= 11 is 0. The molecule has 0 saturated carbocycles. The van der Waals surface area contributed by atoms with Crippen molar-refractivity contribution in [1.82, 2.24) is 4.90 Å². The van der Waals surface area contributed by atoms with Gasteiger partial charge in [0.1, 0.15) is 0 Å². The molecule has 1 N–H and O–H groups in total. The third-order valence-corrected chi connectivity index (χ3v) is 4.97. The Hall–Kier alpha value is -4.07. The third kappa shape index (κ3) is 4.64. The summed E-state index contributed by atoms with van der Waals surface area (Å²) in [5.74, 6) is -0.727. The molecule has 0 radical (unpaired) electrons. The lowest BCUT2D eigenvalue weighted by atomic mass is 9.98. The number of hydrogen-bond donors (Lipinski definition) is 1. The highest BCUT2D eigenvalue weighted by molar-refractivity contribution is 6.25. The fraction of sp³-hybridized carbons (Fsp3) is 0.208. The number of methoxy groups -OCH3 is 3. The van der Waals surface area contributed by atoms with E-state index in [2.05, 4.69) is 0 Å². The van der Waals surface area contributed by atoms with Crippen LogP contribution >= 0.6 is 0 Å². The predicted molar refractivity (Wildman–Crippen MR) is 118 cm³/mol. The Morgan fingerprint density at radius 1 is 1.03 bits per heavy atom. The van der Waals surface area contributed by atoms with Crippen molar-refractivity contribution in [1.29, 1.82) is 0 Å². The van der Waals surface area contributed by atoms with Crippen molar-refractivity contribution in [3.05, 3.63) is 65.2 Å². The number of aromatic carboxylic acids is 1. The number of carboxylic acid groups (broad SMARTS) is 1. The monoisotopic (exact) mass is 437 g/mol. The minimum Gasteiger partial charge on any atom is -0.493 e. The zero-order chi connectivity index (χ0) is 23.3. The highest BCUT2D eigenvalue weighted by Gasteiger charge is 2.27. The molecule has 8 nitrogen and oxygen atoms in total. The minimum atomic E-state index is -1.09. The number of ether oxygens (including phenoxy) is 3. The summed E-state index contributed by atoms with van der Waals surface area (Å²) in [4.78, 5) is 38.1. The van der Waals surface area contributed by atoms with Crippen LogP contribution in [0.3, 0.4) is 0 Å². The minimum absolute atomic E-state index is 0.0712. The molecule has 0 spiro atoms. The first-order chi connectivity index (χ1) is 15.4. The van der Waals surface area contributed by atoms with Crippen molar-refractivity contribution < 1.29 is 33.7 Å². The third-order valence-electron chi connectivity index (χ3n) is 4.97. The maximum Gasteiger partial charge on any atom is 0.335 e. The number of carbonyl (C=O) groups excluding carboxylic acids is 2. The van der Waals surface area contributed by atoms with E-state index >= 15 is 0 Å². The summed E-state index contributed by atoms with van der Waals surface area (Å²) in [6.45, 7) is 0.235. The Bertz CT molecular complexity index is 1090. The SMILES string of the molecule is COc1cc(C=CC(=O)N2CCC=C(c3cccc(C(=O)O)c3)C2=O)cc(OC)c1OC. The molecule has 0 saturated heterocycles. The smallest absolute Gasteiger partial charge is 0.335 e. The van der Waals surface area contributed by atoms with E-state index in [1.54, 1.807) is 36.4 Å². The second-order valence-electron chi connectivity index (χ2n) is 6.88. The van der Waals surface area contributed by atoms with Gasteiger partial charge < -0.3 is 19.3 Å². The van der Waals surface area contributed by atoms with Crippen LogP contribution in [-0.2, 0) is 9.59 Å². The van der Waals surface area contributed by atoms with Gasteiger partial charge in [-0.05, 0) is 47.9 Å². The molecular formula is C24H23NO7. The average molecular weight is 437 g/mol. The second kappa shape index (κ2) is 9.82. The number of nitrogens with zero attached hydrogens (tertiary/aromatic N) is 1. The maximum atomic E-state index is 12.9. The zero-order valence-electron chi connectivity index (χ0n) is 18.0. The van der Waals surface area contributed by atoms with Gasteiger partial charge in [0.15, 0.2) is 11.5 Å². The number of benzene rings is 2. The lowest BCUT2D eigenvalue weighted by Crippen LogP contribution is -2.39. The molecule has 2 aromatic rings. The van der Waals surface area contributed by atoms with Gasteiger partial charge in [-0.3, -0.25) is 14.5 Å². The first-order valence-electron chi connectivity index (χ1n) is 9.77. The van der Waals surface area contributed by atoms with Gasteiger partial charge in [0, 0.05) is 18.2 Å². The van der Waals surface area contributed by atoms with E-state index in [1.807, 2.05) is 0 Å². The van der Waals surface area contributed by atoms with Crippen LogP contribution in [0.2, 0.25) is 0 Å². The Morgan fingerprint density at radius 3 is 2.31 bits per heavy atom. The molecule has 2 aromatic carbocycles. The molecule has 1 aliphatic rings. The van der Waals surface area contributed by atoms with E-state index in [0.29, 0.717) is 40.4 Å². The molecule has 0 atom stereocenters. The summed E-state index contributed by atoms with van der Waals surface area (Å²) in [7, 11) is 4.49. The van der Waals surface area contributed by atoms with Crippen molar-refractivity contribution >= 4 is 29.4 Å². The maximum absolute atomic E-state index is 12.9. The molecule has 1 heterocycles. The molecule has 3 rings (SSSR count). The van der Waals surface area contributed by atoms with Gasteiger partial charge in [-0.2, -0.15) is 0 Å². The highest BCUT2D eigenvalue weighted by Crippen LogP contribution is 2.38. The van der Waals surface area contributed by atoms with Crippen LogP contribution in [-0.4, -0.2) is 55.7 Å². The summed E-state index contributed by atoms with van der Waals surface area (Å²) in [6.07, 6.45) is 5.05. The van der Waals surface area contributed by atoms with Crippen molar-refractivity contribution in [3.8, 4) is 17.2 Å². The van der Waals surface area contributed by atoms with Crippen molar-refractivity contribution in [2.45, 2.75) is 6.42 Å². The Kier molecular flexibility index (Phi) is 6.94. The first-order valence-corrected chi connectivity index (χ1v) is 9.77. The molecule has 0 unspecified atom stereocenters. The number of carbonyl (C=O) groups is 3. The predicted octanol–water partition coefficient (Wildman–Crippen LogP) is 3.27. The average Bonchev–Trinajstić information content (AvgIpc) is 2.81. The first kappa shape index (κ1) is 22.6. The van der Waals surface area contributed by atoms with Gasteiger partial charge in [0.05, 0.1) is 26.9 Å². The van der Waals surface area contributed by atoms with Gasteiger partial charge in [-0.1, -0.05) is 18.2 Å². The zero-order valence-corrected chi connectivity index (χ0v) is 18.0. The summed E-state index contributed by atoms with van der Waals surface area (Å²) in [6, 6.07) is 9.46. The van der Waals surface area contributed by atoms with E-state index in [0.717, 1.165) is 4.90 Å². The van der Waals surface area contributed by atoms with E-state index in [-0.39, 0.29) is 12.1 Å². The van der Waals surface area contributed by atoms with E-state index < -0.39 is 17.8 Å². The van der Waals surface area contributed by atoms with Crippen molar-refractivity contribution in [2.24, 2.45) is 0 Å². The molecule has 166 valence electrons. The quantitative estimate of drug-likeness (QED) is 0.663. The molecule has 1 aliphatic heterocycles. The summed E-state index contributed by atoms with van der Waals surface area (Å²) in [5.41, 5.74) is 1.46. The molecule has 0 aliphatic carbocycles. The van der Waals surface area contributed by atoms with Crippen LogP contribution in [0.15, 0.2) is 48.6 Å². The van der Waals surface area contributed by atoms with Crippen LogP contribution in [0.4, 0.5) is 0 Å². The van der Waals surface area contributed by atoms with Gasteiger partial charge in [-0.15, -0.1) is 0 Å². The van der Waals surface area contributed by atoms with E-state index in [1.165, 1.54) is 39.5 Å².